The molecule has 110 valence electrons. The molecule has 1 heterocycles. The second-order valence-corrected chi connectivity index (χ2v) is 5.23. The number of nitrogens with zero attached hydrogens (tertiary/aromatic N) is 1. The molecule has 0 radical (unpaired) electrons. The van der Waals surface area contributed by atoms with Crippen LogP contribution in [0.5, 0.6) is 0 Å². The SMILES string of the molecule is Nc1ccc(N2CCOCC2)c([C@H](O)c2ccccc2)c1. The first-order chi connectivity index (χ1) is 10.3. The molecule has 2 aromatic rings. The normalized spacial score (nSPS) is 16.7. The maximum Gasteiger partial charge on any atom is 0.106 e. The van der Waals surface area contributed by atoms with Crippen LogP contribution in [0, 0.1) is 0 Å². The molecule has 3 N–H and O–H groups in total. The third-order valence-electron chi connectivity index (χ3n) is 3.81. The highest BCUT2D eigenvalue weighted by Crippen LogP contribution is 2.32. The summed E-state index contributed by atoms with van der Waals surface area (Å²) in [4.78, 5) is 2.24. The zero-order chi connectivity index (χ0) is 14.7. The Labute approximate surface area is 124 Å². The van der Waals surface area contributed by atoms with E-state index in [0.29, 0.717) is 18.9 Å². The average Bonchev–Trinajstić information content (AvgIpc) is 2.56. The number of ether oxygens (including phenoxy) is 1. The maximum absolute atomic E-state index is 10.7. The Morgan fingerprint density at radius 3 is 2.48 bits per heavy atom. The van der Waals surface area contributed by atoms with Gasteiger partial charge in [0.25, 0.3) is 0 Å². The molecule has 0 aromatic heterocycles. The first kappa shape index (κ1) is 13.9. The molecule has 21 heavy (non-hydrogen) atoms. The van der Waals surface area contributed by atoms with Crippen molar-refractivity contribution in [2.45, 2.75) is 6.10 Å². The van der Waals surface area contributed by atoms with Crippen LogP contribution in [0.4, 0.5) is 11.4 Å². The number of aliphatic hydroxyl groups is 1. The molecule has 0 spiro atoms. The molecular formula is C17H20N2O2. The number of rotatable bonds is 3. The standard InChI is InChI=1S/C17H20N2O2/c18-14-6-7-16(19-8-10-21-11-9-19)15(12-14)17(20)13-4-2-1-3-5-13/h1-7,12,17,20H,8-11,18H2/t17-/m1/s1. The van der Waals surface area contributed by atoms with E-state index in [1.807, 2.05) is 48.5 Å². The van der Waals surface area contributed by atoms with Crippen molar-refractivity contribution in [2.24, 2.45) is 0 Å². The van der Waals surface area contributed by atoms with Crippen LogP contribution in [0.2, 0.25) is 0 Å². The lowest BCUT2D eigenvalue weighted by molar-refractivity contribution is 0.122. The highest BCUT2D eigenvalue weighted by Gasteiger charge is 2.20. The summed E-state index contributed by atoms with van der Waals surface area (Å²) < 4.78 is 5.40. The van der Waals surface area contributed by atoms with Crippen LogP contribution in [0.25, 0.3) is 0 Å². The molecule has 1 aliphatic rings. The Hall–Kier alpha value is -2.04. The van der Waals surface area contributed by atoms with Gasteiger partial charge in [-0.15, -0.1) is 0 Å². The fourth-order valence-corrected chi connectivity index (χ4v) is 2.70. The number of nitrogens with two attached hydrogens (primary N) is 1. The molecule has 1 fully saturated rings. The van der Waals surface area contributed by atoms with E-state index in [2.05, 4.69) is 4.90 Å². The second-order valence-electron chi connectivity index (χ2n) is 5.23. The average molecular weight is 284 g/mol. The second kappa shape index (κ2) is 6.16. The lowest BCUT2D eigenvalue weighted by Gasteiger charge is -2.31. The molecule has 4 nitrogen and oxygen atoms in total. The van der Waals surface area contributed by atoms with E-state index in [1.165, 1.54) is 0 Å². The highest BCUT2D eigenvalue weighted by atomic mass is 16.5. The van der Waals surface area contributed by atoms with Crippen LogP contribution in [0.1, 0.15) is 17.2 Å². The third-order valence-corrected chi connectivity index (χ3v) is 3.81. The lowest BCUT2D eigenvalue weighted by Crippen LogP contribution is -2.37. The summed E-state index contributed by atoms with van der Waals surface area (Å²) in [6.07, 6.45) is -0.674. The van der Waals surface area contributed by atoms with Crippen molar-refractivity contribution >= 4 is 11.4 Å². The van der Waals surface area contributed by atoms with Crippen molar-refractivity contribution in [1.29, 1.82) is 0 Å². The van der Waals surface area contributed by atoms with Gasteiger partial charge in [-0.3, -0.25) is 0 Å². The topological polar surface area (TPSA) is 58.7 Å². The van der Waals surface area contributed by atoms with Gasteiger partial charge < -0.3 is 20.5 Å². The van der Waals surface area contributed by atoms with E-state index in [1.54, 1.807) is 0 Å². The number of aliphatic hydroxyl groups excluding tert-OH is 1. The summed E-state index contributed by atoms with van der Waals surface area (Å²) in [5.74, 6) is 0. The smallest absolute Gasteiger partial charge is 0.106 e. The molecule has 0 amide bonds. The molecule has 0 saturated carbocycles. The van der Waals surface area contributed by atoms with Gasteiger partial charge in [0.05, 0.1) is 13.2 Å². The predicted molar refractivity (Wildman–Crippen MR) is 84.4 cm³/mol. The molecule has 0 unspecified atom stereocenters. The van der Waals surface area contributed by atoms with Crippen molar-refractivity contribution in [1.82, 2.24) is 0 Å². The maximum atomic E-state index is 10.7. The number of anilines is 2. The molecule has 1 atom stereocenters. The van der Waals surface area contributed by atoms with Crippen molar-refractivity contribution in [2.75, 3.05) is 36.9 Å². The Bertz CT molecular complexity index is 595. The van der Waals surface area contributed by atoms with Crippen LogP contribution in [-0.2, 0) is 4.74 Å². The van der Waals surface area contributed by atoms with E-state index in [0.717, 1.165) is 29.9 Å². The van der Waals surface area contributed by atoms with Gasteiger partial charge in [0.1, 0.15) is 6.10 Å². The summed E-state index contributed by atoms with van der Waals surface area (Å²) in [6.45, 7) is 3.09. The zero-order valence-corrected chi connectivity index (χ0v) is 11.9. The summed E-state index contributed by atoms with van der Waals surface area (Å²) in [5, 5.41) is 10.7. The van der Waals surface area contributed by atoms with Crippen LogP contribution in [0.15, 0.2) is 48.5 Å². The molecule has 0 aliphatic carbocycles. The molecule has 1 saturated heterocycles. The van der Waals surface area contributed by atoms with Crippen LogP contribution >= 0.6 is 0 Å². The van der Waals surface area contributed by atoms with Gasteiger partial charge >= 0.3 is 0 Å². The van der Waals surface area contributed by atoms with E-state index >= 15 is 0 Å². The van der Waals surface area contributed by atoms with Crippen molar-refractivity contribution in [3.8, 4) is 0 Å². The monoisotopic (exact) mass is 284 g/mol. The van der Waals surface area contributed by atoms with Crippen LogP contribution < -0.4 is 10.6 Å². The van der Waals surface area contributed by atoms with Crippen LogP contribution in [0.3, 0.4) is 0 Å². The molecule has 1 aliphatic heterocycles. The van der Waals surface area contributed by atoms with Crippen molar-refractivity contribution in [3.05, 3.63) is 59.7 Å². The van der Waals surface area contributed by atoms with Gasteiger partial charge in [-0.05, 0) is 23.8 Å². The van der Waals surface area contributed by atoms with E-state index in [-0.39, 0.29) is 0 Å². The molecule has 0 bridgehead atoms. The third kappa shape index (κ3) is 3.01. The molecule has 2 aromatic carbocycles. The van der Waals surface area contributed by atoms with Gasteiger partial charge in [-0.2, -0.15) is 0 Å². The predicted octanol–water partition coefficient (Wildman–Crippen LogP) is 2.19. The van der Waals surface area contributed by atoms with Gasteiger partial charge in [0.2, 0.25) is 0 Å². The number of morpholine rings is 1. The number of nitrogen functional groups attached to an aromatic ring is 1. The van der Waals surface area contributed by atoms with Gasteiger partial charge in [0.15, 0.2) is 0 Å². The van der Waals surface area contributed by atoms with Gasteiger partial charge in [0, 0.05) is 30.0 Å². The molecular weight excluding hydrogens is 264 g/mol. The number of hydrogen-bond acceptors (Lipinski definition) is 4. The number of benzene rings is 2. The molecule has 4 heteroatoms. The van der Waals surface area contributed by atoms with Crippen molar-refractivity contribution < 1.29 is 9.84 Å². The number of hydrogen-bond donors (Lipinski definition) is 2. The van der Waals surface area contributed by atoms with Crippen LogP contribution in [-0.4, -0.2) is 31.4 Å². The first-order valence-electron chi connectivity index (χ1n) is 7.21. The lowest BCUT2D eigenvalue weighted by atomic mass is 9.98. The van der Waals surface area contributed by atoms with Gasteiger partial charge in [-0.25, -0.2) is 0 Å². The van der Waals surface area contributed by atoms with Crippen molar-refractivity contribution in [3.63, 3.8) is 0 Å². The first-order valence-corrected chi connectivity index (χ1v) is 7.21. The zero-order valence-electron chi connectivity index (χ0n) is 11.9. The van der Waals surface area contributed by atoms with E-state index < -0.39 is 6.10 Å². The largest absolute Gasteiger partial charge is 0.399 e. The summed E-state index contributed by atoms with van der Waals surface area (Å²) in [6, 6.07) is 15.4. The Morgan fingerprint density at radius 2 is 1.76 bits per heavy atom. The minimum atomic E-state index is -0.674. The van der Waals surface area contributed by atoms with E-state index in [9.17, 15) is 5.11 Å². The summed E-state index contributed by atoms with van der Waals surface area (Å²) in [7, 11) is 0. The quantitative estimate of drug-likeness (QED) is 0.848. The highest BCUT2D eigenvalue weighted by molar-refractivity contribution is 5.62. The minimum absolute atomic E-state index is 0.664. The summed E-state index contributed by atoms with van der Waals surface area (Å²) in [5.41, 5.74) is 9.34. The minimum Gasteiger partial charge on any atom is -0.399 e. The van der Waals surface area contributed by atoms with Gasteiger partial charge in [-0.1, -0.05) is 30.3 Å². The fourth-order valence-electron chi connectivity index (χ4n) is 2.70. The molecule has 3 rings (SSSR count). The summed E-state index contributed by atoms with van der Waals surface area (Å²) >= 11 is 0. The Kier molecular flexibility index (Phi) is 4.08. The fraction of sp³-hybridized carbons (Fsp3) is 0.294. The van der Waals surface area contributed by atoms with E-state index in [4.69, 9.17) is 10.5 Å². The Morgan fingerprint density at radius 1 is 1.05 bits per heavy atom. The Balaban J connectivity index is 1.98.